The molecule has 0 heterocycles. The molecule has 0 bridgehead atoms. The summed E-state index contributed by atoms with van der Waals surface area (Å²) in [6.07, 6.45) is 0. The second kappa shape index (κ2) is 8.98. The number of carbonyl (C=O) groups excluding carboxylic acids is 1. The van der Waals surface area contributed by atoms with Gasteiger partial charge in [0.2, 0.25) is 0 Å². The molecule has 158 valence electrons. The molecule has 0 fully saturated rings. The van der Waals surface area contributed by atoms with Gasteiger partial charge in [-0.25, -0.2) is 12.8 Å². The number of amides is 1. The minimum Gasteiger partial charge on any atom is -0.332 e. The highest BCUT2D eigenvalue weighted by Gasteiger charge is 2.19. The fourth-order valence-electron chi connectivity index (χ4n) is 2.99. The summed E-state index contributed by atoms with van der Waals surface area (Å²) < 4.78 is 41.2. The summed E-state index contributed by atoms with van der Waals surface area (Å²) >= 11 is 0. The number of benzene rings is 3. The van der Waals surface area contributed by atoms with Gasteiger partial charge >= 0.3 is 0 Å². The molecule has 0 saturated carbocycles. The average molecular weight is 437 g/mol. The Labute approximate surface area is 180 Å². The van der Waals surface area contributed by atoms with E-state index in [0.717, 1.165) is 5.56 Å². The molecule has 1 amide bonds. The lowest BCUT2D eigenvalue weighted by molar-refractivity contribution is 0.0945. The maximum absolute atomic E-state index is 13.1. The quantitative estimate of drug-likeness (QED) is 0.603. The minimum absolute atomic E-state index is 0.156. The number of sulfonamides is 1. The monoisotopic (exact) mass is 437 g/mol. The van der Waals surface area contributed by atoms with Gasteiger partial charge in [-0.1, -0.05) is 30.3 Å². The van der Waals surface area contributed by atoms with Crippen LogP contribution in [-0.4, -0.2) is 14.3 Å². The predicted octanol–water partition coefficient (Wildman–Crippen LogP) is 4.24. The van der Waals surface area contributed by atoms with E-state index in [-0.39, 0.29) is 16.1 Å². The van der Waals surface area contributed by atoms with Crippen molar-refractivity contribution >= 4 is 21.6 Å². The van der Waals surface area contributed by atoms with Crippen molar-refractivity contribution in [3.8, 4) is 6.07 Å². The highest BCUT2D eigenvalue weighted by Crippen LogP contribution is 2.22. The maximum Gasteiger partial charge on any atom is 0.262 e. The predicted molar refractivity (Wildman–Crippen MR) is 115 cm³/mol. The van der Waals surface area contributed by atoms with Crippen LogP contribution >= 0.6 is 0 Å². The van der Waals surface area contributed by atoms with Gasteiger partial charge in [0.15, 0.2) is 0 Å². The number of rotatable bonds is 6. The summed E-state index contributed by atoms with van der Waals surface area (Å²) in [5.74, 6) is -1.01. The van der Waals surface area contributed by atoms with E-state index in [1.165, 1.54) is 48.5 Å². The van der Waals surface area contributed by atoms with Crippen molar-refractivity contribution in [2.24, 2.45) is 0 Å². The molecule has 0 aliphatic rings. The zero-order valence-corrected chi connectivity index (χ0v) is 17.7. The molecular formula is C23H20FN3O3S. The molecule has 0 aliphatic carbocycles. The van der Waals surface area contributed by atoms with Gasteiger partial charge in [-0.05, 0) is 66.9 Å². The molecule has 3 rings (SSSR count). The van der Waals surface area contributed by atoms with Gasteiger partial charge < -0.3 is 5.32 Å². The van der Waals surface area contributed by atoms with Crippen LogP contribution in [0, 0.1) is 31.0 Å². The lowest BCUT2D eigenvalue weighted by Gasteiger charge is -2.14. The second-order valence-corrected chi connectivity index (χ2v) is 8.69. The maximum atomic E-state index is 13.1. The van der Waals surface area contributed by atoms with E-state index in [4.69, 9.17) is 0 Å². The second-order valence-electron chi connectivity index (χ2n) is 7.04. The topological polar surface area (TPSA) is 99.1 Å². The van der Waals surface area contributed by atoms with Gasteiger partial charge in [-0.2, -0.15) is 5.26 Å². The molecule has 1 atom stereocenters. The smallest absolute Gasteiger partial charge is 0.262 e. The van der Waals surface area contributed by atoms with Crippen molar-refractivity contribution in [1.82, 2.24) is 5.32 Å². The zero-order valence-electron chi connectivity index (χ0n) is 16.9. The number of nitriles is 1. The van der Waals surface area contributed by atoms with Crippen LogP contribution in [0.15, 0.2) is 71.6 Å². The SMILES string of the molecule is Cc1ccc(C)c(S(=O)(=O)Nc2cccc(C(=O)NC(C#N)c3ccc(F)cc3)c2)c1. The molecule has 1 unspecified atom stereocenters. The van der Waals surface area contributed by atoms with Gasteiger partial charge in [-0.15, -0.1) is 0 Å². The molecule has 3 aromatic carbocycles. The van der Waals surface area contributed by atoms with Crippen LogP contribution < -0.4 is 10.0 Å². The van der Waals surface area contributed by atoms with Crippen molar-refractivity contribution in [3.63, 3.8) is 0 Å². The summed E-state index contributed by atoms with van der Waals surface area (Å²) in [6.45, 7) is 3.51. The Kier molecular flexibility index (Phi) is 6.37. The van der Waals surface area contributed by atoms with Gasteiger partial charge in [-0.3, -0.25) is 9.52 Å². The molecular weight excluding hydrogens is 417 g/mol. The molecule has 31 heavy (non-hydrogen) atoms. The standard InChI is InChI=1S/C23H20FN3O3S/c1-15-6-7-16(2)22(12-15)31(29,30)27-20-5-3-4-18(13-20)23(28)26-21(14-25)17-8-10-19(24)11-9-17/h3-13,21,27H,1-2H3,(H,26,28). The van der Waals surface area contributed by atoms with Crippen LogP contribution in [0.4, 0.5) is 10.1 Å². The van der Waals surface area contributed by atoms with E-state index in [0.29, 0.717) is 11.1 Å². The van der Waals surface area contributed by atoms with E-state index in [2.05, 4.69) is 10.0 Å². The van der Waals surface area contributed by atoms with Crippen LogP contribution in [-0.2, 0) is 10.0 Å². The Morgan fingerprint density at radius 2 is 1.74 bits per heavy atom. The number of hydrogen-bond acceptors (Lipinski definition) is 4. The Bertz CT molecular complexity index is 1270. The van der Waals surface area contributed by atoms with Crippen molar-refractivity contribution < 1.29 is 17.6 Å². The highest BCUT2D eigenvalue weighted by atomic mass is 32.2. The number of nitrogens with zero attached hydrogens (tertiary/aromatic N) is 1. The number of carbonyl (C=O) groups is 1. The Balaban J connectivity index is 1.81. The van der Waals surface area contributed by atoms with E-state index in [9.17, 15) is 22.9 Å². The van der Waals surface area contributed by atoms with E-state index >= 15 is 0 Å². The van der Waals surface area contributed by atoms with Crippen LogP contribution in [0.2, 0.25) is 0 Å². The third-order valence-corrected chi connectivity index (χ3v) is 6.14. The van der Waals surface area contributed by atoms with E-state index in [1.807, 2.05) is 12.1 Å². The van der Waals surface area contributed by atoms with Crippen molar-refractivity contribution in [1.29, 1.82) is 5.26 Å². The Morgan fingerprint density at radius 1 is 1.03 bits per heavy atom. The lowest BCUT2D eigenvalue weighted by atomic mass is 10.1. The molecule has 6 nitrogen and oxygen atoms in total. The summed E-state index contributed by atoms with van der Waals surface area (Å²) in [6, 6.07) is 17.3. The van der Waals surface area contributed by atoms with Gasteiger partial charge in [0.1, 0.15) is 11.9 Å². The van der Waals surface area contributed by atoms with E-state index < -0.39 is 27.8 Å². The molecule has 0 spiro atoms. The Hall–Kier alpha value is -3.70. The average Bonchev–Trinajstić information content (AvgIpc) is 2.74. The molecule has 0 aliphatic heterocycles. The number of aryl methyl sites for hydroxylation is 2. The summed E-state index contributed by atoms with van der Waals surface area (Å²) in [7, 11) is -3.85. The molecule has 0 radical (unpaired) electrons. The first-order valence-electron chi connectivity index (χ1n) is 9.36. The van der Waals surface area contributed by atoms with Crippen LogP contribution in [0.25, 0.3) is 0 Å². The number of halogens is 1. The fraction of sp³-hybridized carbons (Fsp3) is 0.130. The van der Waals surface area contributed by atoms with Gasteiger partial charge in [0.25, 0.3) is 15.9 Å². The number of anilines is 1. The Morgan fingerprint density at radius 3 is 2.42 bits per heavy atom. The van der Waals surface area contributed by atoms with Crippen molar-refractivity contribution in [2.75, 3.05) is 4.72 Å². The zero-order chi connectivity index (χ0) is 22.6. The molecule has 0 aromatic heterocycles. The third kappa shape index (κ3) is 5.27. The number of nitrogens with one attached hydrogen (secondary N) is 2. The lowest BCUT2D eigenvalue weighted by Crippen LogP contribution is -2.27. The number of hydrogen-bond donors (Lipinski definition) is 2. The van der Waals surface area contributed by atoms with Crippen molar-refractivity contribution in [2.45, 2.75) is 24.8 Å². The third-order valence-electron chi connectivity index (χ3n) is 4.62. The van der Waals surface area contributed by atoms with Crippen LogP contribution in [0.5, 0.6) is 0 Å². The normalized spacial score (nSPS) is 11.9. The van der Waals surface area contributed by atoms with Gasteiger partial charge in [0, 0.05) is 11.3 Å². The molecule has 3 aromatic rings. The molecule has 8 heteroatoms. The minimum atomic E-state index is -3.85. The largest absolute Gasteiger partial charge is 0.332 e. The fourth-order valence-corrected chi connectivity index (χ4v) is 4.37. The summed E-state index contributed by atoms with van der Waals surface area (Å²) in [5.41, 5.74) is 2.22. The summed E-state index contributed by atoms with van der Waals surface area (Å²) in [4.78, 5) is 12.8. The van der Waals surface area contributed by atoms with Gasteiger partial charge in [0.05, 0.1) is 11.0 Å². The summed E-state index contributed by atoms with van der Waals surface area (Å²) in [5, 5.41) is 11.9. The van der Waals surface area contributed by atoms with Crippen molar-refractivity contribution in [3.05, 3.63) is 94.8 Å². The first-order chi connectivity index (χ1) is 14.7. The molecule has 0 saturated heterocycles. The van der Waals surface area contributed by atoms with E-state index in [1.54, 1.807) is 26.0 Å². The van der Waals surface area contributed by atoms with Crippen LogP contribution in [0.1, 0.15) is 33.1 Å². The van der Waals surface area contributed by atoms with Crippen LogP contribution in [0.3, 0.4) is 0 Å². The molecule has 2 N–H and O–H groups in total. The highest BCUT2D eigenvalue weighted by molar-refractivity contribution is 7.92. The first-order valence-corrected chi connectivity index (χ1v) is 10.8. The first kappa shape index (κ1) is 22.0.